The van der Waals surface area contributed by atoms with Gasteiger partial charge in [-0.3, -0.25) is 5.10 Å². The van der Waals surface area contributed by atoms with E-state index in [-0.39, 0.29) is 10.7 Å². The second kappa shape index (κ2) is 4.37. The Balaban J connectivity index is 2.36. The van der Waals surface area contributed by atoms with Crippen LogP contribution in [0.5, 0.6) is 0 Å². The number of benzene rings is 1. The molecule has 2 aromatic heterocycles. The Bertz CT molecular complexity index is 768. The summed E-state index contributed by atoms with van der Waals surface area (Å²) in [5, 5.41) is 16.7. The van der Waals surface area contributed by atoms with Crippen LogP contribution >= 0.6 is 11.6 Å². The van der Waals surface area contributed by atoms with Gasteiger partial charge < -0.3 is 5.11 Å². The van der Waals surface area contributed by atoms with E-state index >= 15 is 0 Å². The predicted octanol–water partition coefficient (Wildman–Crippen LogP) is 2.98. The van der Waals surface area contributed by atoms with Crippen molar-refractivity contribution in [2.45, 2.75) is 0 Å². The van der Waals surface area contributed by atoms with Gasteiger partial charge >= 0.3 is 5.97 Å². The van der Waals surface area contributed by atoms with Gasteiger partial charge in [-0.2, -0.15) is 5.10 Å². The molecule has 6 heteroatoms. The van der Waals surface area contributed by atoms with Crippen LogP contribution in [0.15, 0.2) is 36.4 Å². The molecule has 0 amide bonds. The van der Waals surface area contributed by atoms with E-state index in [0.717, 1.165) is 5.56 Å². The zero-order valence-corrected chi connectivity index (χ0v) is 10.3. The zero-order valence-electron chi connectivity index (χ0n) is 9.59. The number of carboxylic acids is 1. The molecule has 3 aromatic rings. The Kier molecular flexibility index (Phi) is 2.68. The maximum absolute atomic E-state index is 11.3. The largest absolute Gasteiger partial charge is 0.478 e. The van der Waals surface area contributed by atoms with Crippen LogP contribution in [0.1, 0.15) is 10.4 Å². The smallest absolute Gasteiger partial charge is 0.336 e. The number of hydrogen-bond acceptors (Lipinski definition) is 3. The Morgan fingerprint density at radius 3 is 2.68 bits per heavy atom. The van der Waals surface area contributed by atoms with Crippen LogP contribution in [0.2, 0.25) is 5.15 Å². The molecule has 94 valence electrons. The highest BCUT2D eigenvalue weighted by molar-refractivity contribution is 6.30. The number of aromatic amines is 1. The number of carboxylic acid groups (broad SMARTS) is 1. The molecule has 0 aliphatic carbocycles. The molecule has 0 saturated heterocycles. The number of pyridine rings is 1. The fourth-order valence-electron chi connectivity index (χ4n) is 1.98. The monoisotopic (exact) mass is 273 g/mol. The maximum atomic E-state index is 11.3. The number of nitrogens with zero attached hydrogens (tertiary/aromatic N) is 2. The van der Waals surface area contributed by atoms with Crippen molar-refractivity contribution in [1.82, 2.24) is 15.2 Å². The van der Waals surface area contributed by atoms with Gasteiger partial charge in [0.25, 0.3) is 0 Å². The molecule has 2 N–H and O–H groups in total. The number of aromatic carboxylic acids is 1. The molecule has 0 fully saturated rings. The van der Waals surface area contributed by atoms with Gasteiger partial charge in [-0.1, -0.05) is 41.9 Å². The summed E-state index contributed by atoms with van der Waals surface area (Å²) in [7, 11) is 0. The first-order chi connectivity index (χ1) is 9.16. The number of hydrogen-bond donors (Lipinski definition) is 2. The molecular weight excluding hydrogens is 266 g/mol. The molecule has 1 aromatic carbocycles. The summed E-state index contributed by atoms with van der Waals surface area (Å²) in [6.45, 7) is 0. The van der Waals surface area contributed by atoms with Gasteiger partial charge in [0.2, 0.25) is 0 Å². The lowest BCUT2D eigenvalue weighted by molar-refractivity contribution is 0.0699. The Hall–Kier alpha value is -2.40. The van der Waals surface area contributed by atoms with Gasteiger partial charge in [0, 0.05) is 5.56 Å². The van der Waals surface area contributed by atoms with Crippen molar-refractivity contribution in [3.63, 3.8) is 0 Å². The first-order valence-electron chi connectivity index (χ1n) is 5.50. The second-order valence-electron chi connectivity index (χ2n) is 3.96. The van der Waals surface area contributed by atoms with Gasteiger partial charge in [0.1, 0.15) is 5.15 Å². The lowest BCUT2D eigenvalue weighted by atomic mass is 10.1. The van der Waals surface area contributed by atoms with E-state index < -0.39 is 5.97 Å². The lowest BCUT2D eigenvalue weighted by Crippen LogP contribution is -1.98. The molecular formula is C13H8ClN3O2. The summed E-state index contributed by atoms with van der Waals surface area (Å²) < 4.78 is 0. The van der Waals surface area contributed by atoms with Gasteiger partial charge in [-0.25, -0.2) is 9.78 Å². The fraction of sp³-hybridized carbons (Fsp3) is 0. The van der Waals surface area contributed by atoms with Crippen molar-refractivity contribution in [2.24, 2.45) is 0 Å². The summed E-state index contributed by atoms with van der Waals surface area (Å²) in [6.07, 6.45) is 0. The molecule has 0 bridgehead atoms. The third kappa shape index (κ3) is 1.94. The minimum atomic E-state index is -1.06. The first-order valence-corrected chi connectivity index (χ1v) is 5.88. The molecule has 0 aliphatic rings. The van der Waals surface area contributed by atoms with Crippen molar-refractivity contribution < 1.29 is 9.90 Å². The quantitative estimate of drug-likeness (QED) is 0.704. The second-order valence-corrected chi connectivity index (χ2v) is 4.35. The van der Waals surface area contributed by atoms with Crippen LogP contribution in [0.25, 0.3) is 22.3 Å². The average Bonchev–Trinajstić information content (AvgIpc) is 2.82. The van der Waals surface area contributed by atoms with E-state index in [0.29, 0.717) is 16.7 Å². The summed E-state index contributed by atoms with van der Waals surface area (Å²) >= 11 is 5.79. The van der Waals surface area contributed by atoms with Crippen LogP contribution in [0, 0.1) is 0 Å². The van der Waals surface area contributed by atoms with Crippen molar-refractivity contribution in [3.05, 3.63) is 47.1 Å². The van der Waals surface area contributed by atoms with E-state index in [1.165, 1.54) is 6.07 Å². The standard InChI is InChI=1S/C13H8ClN3O2/c14-9-6-8(13(18)19)10-11(16-17-12(10)15-9)7-4-2-1-3-5-7/h1-6H,(H,18,19)(H,15,16,17). The number of H-pyrrole nitrogens is 1. The van der Waals surface area contributed by atoms with E-state index in [1.54, 1.807) is 0 Å². The van der Waals surface area contributed by atoms with Crippen LogP contribution in [0.3, 0.4) is 0 Å². The molecule has 0 atom stereocenters. The fourth-order valence-corrected chi connectivity index (χ4v) is 2.16. The highest BCUT2D eigenvalue weighted by atomic mass is 35.5. The Morgan fingerprint density at radius 2 is 2.00 bits per heavy atom. The molecule has 0 aliphatic heterocycles. The van der Waals surface area contributed by atoms with Gasteiger partial charge in [-0.05, 0) is 6.07 Å². The molecule has 0 saturated carbocycles. The number of nitrogens with one attached hydrogen (secondary N) is 1. The molecule has 0 unspecified atom stereocenters. The number of halogens is 1. The highest BCUT2D eigenvalue weighted by Crippen LogP contribution is 2.29. The molecule has 0 spiro atoms. The van der Waals surface area contributed by atoms with Crippen molar-refractivity contribution >= 4 is 28.6 Å². The summed E-state index contributed by atoms with van der Waals surface area (Å²) in [5.74, 6) is -1.06. The highest BCUT2D eigenvalue weighted by Gasteiger charge is 2.18. The molecule has 2 heterocycles. The summed E-state index contributed by atoms with van der Waals surface area (Å²) in [4.78, 5) is 15.3. The van der Waals surface area contributed by atoms with Crippen molar-refractivity contribution in [2.75, 3.05) is 0 Å². The average molecular weight is 274 g/mol. The Labute approximate surface area is 112 Å². The van der Waals surface area contributed by atoms with Crippen LogP contribution in [-0.4, -0.2) is 26.3 Å². The molecule has 19 heavy (non-hydrogen) atoms. The third-order valence-corrected chi connectivity index (χ3v) is 2.98. The minimum Gasteiger partial charge on any atom is -0.478 e. The Morgan fingerprint density at radius 1 is 1.26 bits per heavy atom. The van der Waals surface area contributed by atoms with E-state index in [9.17, 15) is 9.90 Å². The zero-order chi connectivity index (χ0) is 13.4. The number of fused-ring (bicyclic) bond motifs is 1. The van der Waals surface area contributed by atoms with Crippen LogP contribution < -0.4 is 0 Å². The van der Waals surface area contributed by atoms with Gasteiger partial charge in [0.15, 0.2) is 5.65 Å². The maximum Gasteiger partial charge on any atom is 0.336 e. The van der Waals surface area contributed by atoms with Crippen molar-refractivity contribution in [3.8, 4) is 11.3 Å². The number of carbonyl (C=O) groups is 1. The third-order valence-electron chi connectivity index (χ3n) is 2.79. The van der Waals surface area contributed by atoms with Gasteiger partial charge in [-0.15, -0.1) is 0 Å². The van der Waals surface area contributed by atoms with E-state index in [1.807, 2.05) is 30.3 Å². The molecule has 5 nitrogen and oxygen atoms in total. The first kappa shape index (κ1) is 11.7. The van der Waals surface area contributed by atoms with Gasteiger partial charge in [0.05, 0.1) is 16.6 Å². The number of aromatic nitrogens is 3. The molecule has 0 radical (unpaired) electrons. The molecule has 3 rings (SSSR count). The van der Waals surface area contributed by atoms with Crippen LogP contribution in [0.4, 0.5) is 0 Å². The van der Waals surface area contributed by atoms with Crippen LogP contribution in [-0.2, 0) is 0 Å². The summed E-state index contributed by atoms with van der Waals surface area (Å²) in [5.41, 5.74) is 1.85. The topological polar surface area (TPSA) is 78.9 Å². The predicted molar refractivity (Wildman–Crippen MR) is 71.3 cm³/mol. The van der Waals surface area contributed by atoms with E-state index in [4.69, 9.17) is 11.6 Å². The SMILES string of the molecule is O=C(O)c1cc(Cl)nc2n[nH]c(-c3ccccc3)c12. The van der Waals surface area contributed by atoms with E-state index in [2.05, 4.69) is 15.2 Å². The minimum absolute atomic E-state index is 0.0857. The van der Waals surface area contributed by atoms with Crippen molar-refractivity contribution in [1.29, 1.82) is 0 Å². The normalized spacial score (nSPS) is 10.8. The summed E-state index contributed by atoms with van der Waals surface area (Å²) in [6, 6.07) is 10.7. The lowest BCUT2D eigenvalue weighted by Gasteiger charge is -2.01. The number of rotatable bonds is 2.